The normalized spacial score (nSPS) is 13.6. The van der Waals surface area contributed by atoms with Crippen molar-refractivity contribution >= 4 is 0 Å². The molecule has 1 heterocycles. The summed E-state index contributed by atoms with van der Waals surface area (Å²) >= 11 is 0. The molecule has 0 bridgehead atoms. The Kier molecular flexibility index (Phi) is 2.89. The van der Waals surface area contributed by atoms with Gasteiger partial charge in [0.2, 0.25) is 0 Å². The van der Waals surface area contributed by atoms with Gasteiger partial charge in [0.1, 0.15) is 0 Å². The maximum Gasteiger partial charge on any atom is 0.418 e. The van der Waals surface area contributed by atoms with E-state index in [0.717, 1.165) is 0 Å². The molecule has 90 valence electrons. The molecule has 2 aromatic rings. The predicted molar refractivity (Wildman–Crippen MR) is 54.6 cm³/mol. The van der Waals surface area contributed by atoms with Crippen LogP contribution in [0.1, 0.15) is 11.7 Å². The summed E-state index contributed by atoms with van der Waals surface area (Å²) in [6.07, 6.45) is -4.23. The average Bonchev–Trinajstić information content (AvgIpc) is 2.80. The van der Waals surface area contributed by atoms with Gasteiger partial charge < -0.3 is 5.11 Å². The molecule has 3 nitrogen and oxygen atoms in total. The Bertz CT molecular complexity index is 494. The smallest absolute Gasteiger partial charge is 0.379 e. The maximum atomic E-state index is 12.5. The van der Waals surface area contributed by atoms with Crippen LogP contribution < -0.4 is 0 Å². The Balaban J connectivity index is 2.49. The van der Waals surface area contributed by atoms with E-state index in [1.807, 2.05) is 0 Å². The van der Waals surface area contributed by atoms with E-state index < -0.39 is 12.3 Å². The molecule has 2 rings (SSSR count). The van der Waals surface area contributed by atoms with E-state index in [-0.39, 0.29) is 11.3 Å². The van der Waals surface area contributed by atoms with Gasteiger partial charge in [-0.15, -0.1) is 0 Å². The zero-order valence-electron chi connectivity index (χ0n) is 8.59. The van der Waals surface area contributed by atoms with Crippen molar-refractivity contribution in [3.8, 4) is 5.69 Å². The van der Waals surface area contributed by atoms with Gasteiger partial charge in [0.05, 0.1) is 5.69 Å². The van der Waals surface area contributed by atoms with E-state index in [9.17, 15) is 18.3 Å². The quantitative estimate of drug-likeness (QED) is 0.878. The number of nitrogens with zero attached hydrogens (tertiary/aromatic N) is 2. The monoisotopic (exact) mass is 242 g/mol. The third-order valence-electron chi connectivity index (χ3n) is 2.29. The van der Waals surface area contributed by atoms with Crippen LogP contribution in [0.25, 0.3) is 5.69 Å². The highest BCUT2D eigenvalue weighted by Gasteiger charge is 2.40. The molecule has 6 heteroatoms. The second kappa shape index (κ2) is 4.21. The fourth-order valence-electron chi connectivity index (χ4n) is 1.52. The summed E-state index contributed by atoms with van der Waals surface area (Å²) in [5.74, 6) is 0. The summed E-state index contributed by atoms with van der Waals surface area (Å²) in [5, 5.41) is 13.1. The molecule has 0 spiro atoms. The highest BCUT2D eigenvalue weighted by atomic mass is 19.4. The minimum Gasteiger partial charge on any atom is -0.379 e. The van der Waals surface area contributed by atoms with Crippen molar-refractivity contribution in [2.75, 3.05) is 0 Å². The number of hydrogen-bond donors (Lipinski definition) is 1. The second-order valence-corrected chi connectivity index (χ2v) is 3.45. The molecule has 0 fully saturated rings. The van der Waals surface area contributed by atoms with E-state index >= 15 is 0 Å². The molecule has 0 amide bonds. The van der Waals surface area contributed by atoms with Crippen molar-refractivity contribution in [2.45, 2.75) is 12.3 Å². The van der Waals surface area contributed by atoms with Gasteiger partial charge in [-0.1, -0.05) is 18.2 Å². The Labute approximate surface area is 95.1 Å². The molecule has 1 atom stereocenters. The summed E-state index contributed by atoms with van der Waals surface area (Å²) in [7, 11) is 0. The lowest BCUT2D eigenvalue weighted by atomic mass is 10.1. The summed E-state index contributed by atoms with van der Waals surface area (Å²) in [4.78, 5) is 0. The zero-order chi connectivity index (χ0) is 12.5. The first-order valence-corrected chi connectivity index (χ1v) is 4.84. The fraction of sp³-hybridized carbons (Fsp3) is 0.182. The molecule has 1 N–H and O–H groups in total. The fourth-order valence-corrected chi connectivity index (χ4v) is 1.52. The van der Waals surface area contributed by atoms with Crippen molar-refractivity contribution in [1.82, 2.24) is 9.78 Å². The van der Waals surface area contributed by atoms with Crippen LogP contribution in [0.3, 0.4) is 0 Å². The molecule has 0 saturated heterocycles. The first-order chi connectivity index (χ1) is 8.00. The van der Waals surface area contributed by atoms with Crippen LogP contribution >= 0.6 is 0 Å². The minimum absolute atomic E-state index is 0.210. The molecule has 1 aromatic heterocycles. The zero-order valence-corrected chi connectivity index (χ0v) is 8.59. The van der Waals surface area contributed by atoms with Crippen molar-refractivity contribution in [3.05, 3.63) is 48.3 Å². The van der Waals surface area contributed by atoms with E-state index in [1.165, 1.54) is 35.3 Å². The predicted octanol–water partition coefficient (Wildman–Crippen LogP) is 2.47. The molecule has 17 heavy (non-hydrogen) atoms. The van der Waals surface area contributed by atoms with E-state index in [0.29, 0.717) is 0 Å². The topological polar surface area (TPSA) is 38.0 Å². The number of halogens is 3. The molecule has 0 radical (unpaired) electrons. The van der Waals surface area contributed by atoms with Gasteiger partial charge in [-0.05, 0) is 12.1 Å². The highest BCUT2D eigenvalue weighted by molar-refractivity contribution is 5.42. The number of aliphatic hydroxyl groups is 1. The summed E-state index contributed by atoms with van der Waals surface area (Å²) in [6, 6.07) is 7.32. The number of hydrogen-bond acceptors (Lipinski definition) is 2. The summed E-state index contributed by atoms with van der Waals surface area (Å²) < 4.78 is 38.7. The van der Waals surface area contributed by atoms with Crippen LogP contribution in [0.5, 0.6) is 0 Å². The number of aromatic nitrogens is 2. The lowest BCUT2D eigenvalue weighted by Gasteiger charge is -2.17. The SMILES string of the molecule is OC(c1ccccc1-n1cccn1)C(F)(F)F. The van der Waals surface area contributed by atoms with Gasteiger partial charge in [-0.3, -0.25) is 0 Å². The summed E-state index contributed by atoms with van der Waals surface area (Å²) in [6.45, 7) is 0. The lowest BCUT2D eigenvalue weighted by molar-refractivity contribution is -0.206. The van der Waals surface area contributed by atoms with Crippen molar-refractivity contribution in [3.63, 3.8) is 0 Å². The number of benzene rings is 1. The Morgan fingerprint density at radius 1 is 1.18 bits per heavy atom. The number of para-hydroxylation sites is 1. The largest absolute Gasteiger partial charge is 0.418 e. The molecule has 0 aliphatic rings. The van der Waals surface area contributed by atoms with Crippen molar-refractivity contribution in [2.24, 2.45) is 0 Å². The Morgan fingerprint density at radius 2 is 1.88 bits per heavy atom. The van der Waals surface area contributed by atoms with Gasteiger partial charge >= 0.3 is 6.18 Å². The van der Waals surface area contributed by atoms with Gasteiger partial charge in [0.25, 0.3) is 0 Å². The van der Waals surface area contributed by atoms with Crippen LogP contribution in [-0.2, 0) is 0 Å². The molecule has 0 aliphatic heterocycles. The molecular weight excluding hydrogens is 233 g/mol. The van der Waals surface area contributed by atoms with Crippen LogP contribution in [0.15, 0.2) is 42.7 Å². The third kappa shape index (κ3) is 2.31. The first kappa shape index (κ1) is 11.7. The summed E-state index contributed by atoms with van der Waals surface area (Å²) in [5.41, 5.74) is -0.00831. The van der Waals surface area contributed by atoms with Crippen molar-refractivity contribution in [1.29, 1.82) is 0 Å². The Morgan fingerprint density at radius 3 is 2.47 bits per heavy atom. The van der Waals surface area contributed by atoms with E-state index in [2.05, 4.69) is 5.10 Å². The van der Waals surface area contributed by atoms with Crippen LogP contribution in [0.4, 0.5) is 13.2 Å². The van der Waals surface area contributed by atoms with Crippen molar-refractivity contribution < 1.29 is 18.3 Å². The van der Waals surface area contributed by atoms with Gasteiger partial charge in [0, 0.05) is 18.0 Å². The Hall–Kier alpha value is -1.82. The standard InChI is InChI=1S/C11H9F3N2O/c12-11(13,14)10(17)8-4-1-2-5-9(8)16-7-3-6-15-16/h1-7,10,17H. The van der Waals surface area contributed by atoms with E-state index in [1.54, 1.807) is 12.1 Å². The first-order valence-electron chi connectivity index (χ1n) is 4.84. The van der Waals surface area contributed by atoms with Crippen LogP contribution in [0, 0.1) is 0 Å². The maximum absolute atomic E-state index is 12.5. The molecular formula is C11H9F3N2O. The molecule has 0 saturated carbocycles. The minimum atomic E-state index is -4.69. The molecule has 0 aliphatic carbocycles. The van der Waals surface area contributed by atoms with Crippen LogP contribution in [0.2, 0.25) is 0 Å². The highest BCUT2D eigenvalue weighted by Crippen LogP contribution is 2.34. The molecule has 1 aromatic carbocycles. The lowest BCUT2D eigenvalue weighted by Crippen LogP contribution is -2.21. The van der Waals surface area contributed by atoms with Gasteiger partial charge in [-0.2, -0.15) is 18.3 Å². The number of rotatable bonds is 2. The van der Waals surface area contributed by atoms with Gasteiger partial charge in [0.15, 0.2) is 6.10 Å². The van der Waals surface area contributed by atoms with E-state index in [4.69, 9.17) is 0 Å². The third-order valence-corrected chi connectivity index (χ3v) is 2.29. The number of alkyl halides is 3. The van der Waals surface area contributed by atoms with Crippen LogP contribution in [-0.4, -0.2) is 21.1 Å². The average molecular weight is 242 g/mol. The second-order valence-electron chi connectivity index (χ2n) is 3.45. The molecule has 1 unspecified atom stereocenters. The number of aliphatic hydroxyl groups excluding tert-OH is 1. The van der Waals surface area contributed by atoms with Gasteiger partial charge in [-0.25, -0.2) is 4.68 Å².